The lowest BCUT2D eigenvalue weighted by atomic mass is 10.1. The van der Waals surface area contributed by atoms with Crippen molar-refractivity contribution in [2.24, 2.45) is 0 Å². The number of hydrogen-bond donors (Lipinski definition) is 1. The zero-order valence-corrected chi connectivity index (χ0v) is 13.0. The van der Waals surface area contributed by atoms with Crippen LogP contribution in [0.1, 0.15) is 11.1 Å². The van der Waals surface area contributed by atoms with Crippen LogP contribution < -0.4 is 10.1 Å². The Balaban J connectivity index is 1.33. The second-order valence-electron chi connectivity index (χ2n) is 5.20. The predicted octanol–water partition coefficient (Wildman–Crippen LogP) is 3.55. The smallest absolute Gasteiger partial charge is 0.122 e. The number of benzene rings is 2. The molecule has 0 spiro atoms. The minimum atomic E-state index is 0.841. The first kappa shape index (κ1) is 14.5. The first-order chi connectivity index (χ1) is 10.4. The first-order valence-electron chi connectivity index (χ1n) is 7.55. The fourth-order valence-corrected chi connectivity index (χ4v) is 3.34. The van der Waals surface area contributed by atoms with E-state index in [0.29, 0.717) is 0 Å². The van der Waals surface area contributed by atoms with E-state index in [1.807, 2.05) is 11.8 Å². The summed E-state index contributed by atoms with van der Waals surface area (Å²) < 4.78 is 5.53. The normalized spacial score (nSPS) is 13.0. The maximum absolute atomic E-state index is 5.53. The highest BCUT2D eigenvalue weighted by Crippen LogP contribution is 2.25. The van der Waals surface area contributed by atoms with Crippen molar-refractivity contribution in [3.05, 3.63) is 59.7 Å². The summed E-state index contributed by atoms with van der Waals surface area (Å²) in [5, 5.41) is 3.52. The average Bonchev–Trinajstić information content (AvgIpc) is 2.99. The van der Waals surface area contributed by atoms with E-state index in [1.54, 1.807) is 0 Å². The van der Waals surface area contributed by atoms with Crippen LogP contribution >= 0.6 is 11.8 Å². The van der Waals surface area contributed by atoms with Gasteiger partial charge in [0.1, 0.15) is 5.75 Å². The van der Waals surface area contributed by atoms with Crippen LogP contribution in [-0.2, 0) is 12.8 Å². The maximum Gasteiger partial charge on any atom is 0.122 e. The standard InChI is InChI=1S/C18H21NOS/c1-2-4-17(5-3-1)21-13-11-19-10-8-15-6-7-18-16(14-15)9-12-20-18/h1-7,14,19H,8-13H2. The van der Waals surface area contributed by atoms with Crippen molar-refractivity contribution in [3.8, 4) is 5.75 Å². The molecular formula is C18H21NOS. The van der Waals surface area contributed by atoms with Crippen LogP contribution in [0.25, 0.3) is 0 Å². The van der Waals surface area contributed by atoms with Gasteiger partial charge in [0, 0.05) is 23.6 Å². The fourth-order valence-electron chi connectivity index (χ4n) is 2.51. The number of thioether (sulfide) groups is 1. The van der Waals surface area contributed by atoms with E-state index in [-0.39, 0.29) is 0 Å². The molecule has 1 aliphatic rings. The van der Waals surface area contributed by atoms with Gasteiger partial charge < -0.3 is 10.1 Å². The number of rotatable bonds is 7. The monoisotopic (exact) mass is 299 g/mol. The second kappa shape index (κ2) is 7.53. The zero-order chi connectivity index (χ0) is 14.3. The van der Waals surface area contributed by atoms with Gasteiger partial charge in [-0.05, 0) is 42.3 Å². The number of ether oxygens (including phenoxy) is 1. The van der Waals surface area contributed by atoms with E-state index in [2.05, 4.69) is 53.8 Å². The van der Waals surface area contributed by atoms with Crippen LogP contribution in [0, 0.1) is 0 Å². The Hall–Kier alpha value is -1.45. The zero-order valence-electron chi connectivity index (χ0n) is 12.2. The lowest BCUT2D eigenvalue weighted by Gasteiger charge is -2.06. The Morgan fingerprint density at radius 2 is 1.95 bits per heavy atom. The van der Waals surface area contributed by atoms with E-state index < -0.39 is 0 Å². The van der Waals surface area contributed by atoms with E-state index >= 15 is 0 Å². The van der Waals surface area contributed by atoms with Crippen LogP contribution in [0.4, 0.5) is 0 Å². The molecule has 2 nitrogen and oxygen atoms in total. The molecule has 0 saturated heterocycles. The number of hydrogen-bond acceptors (Lipinski definition) is 3. The molecule has 1 heterocycles. The molecule has 0 unspecified atom stereocenters. The second-order valence-corrected chi connectivity index (χ2v) is 6.37. The van der Waals surface area contributed by atoms with E-state index in [4.69, 9.17) is 4.74 Å². The van der Waals surface area contributed by atoms with Crippen molar-refractivity contribution in [2.75, 3.05) is 25.4 Å². The SMILES string of the molecule is c1ccc(SCCNCCc2ccc3c(c2)CCO3)cc1. The van der Waals surface area contributed by atoms with Crippen LogP contribution in [0.5, 0.6) is 5.75 Å². The van der Waals surface area contributed by atoms with Gasteiger partial charge in [0.25, 0.3) is 0 Å². The Bertz CT molecular complexity index is 571. The minimum Gasteiger partial charge on any atom is -0.493 e. The molecule has 0 fully saturated rings. The fraction of sp³-hybridized carbons (Fsp3) is 0.333. The van der Waals surface area contributed by atoms with Gasteiger partial charge in [0.15, 0.2) is 0 Å². The summed E-state index contributed by atoms with van der Waals surface area (Å²) in [5.74, 6) is 2.19. The van der Waals surface area contributed by atoms with Crippen LogP contribution in [0.3, 0.4) is 0 Å². The molecule has 0 amide bonds. The third-order valence-electron chi connectivity index (χ3n) is 3.64. The summed E-state index contributed by atoms with van der Waals surface area (Å²) in [6.45, 7) is 2.93. The summed E-state index contributed by atoms with van der Waals surface area (Å²) in [4.78, 5) is 1.35. The third kappa shape index (κ3) is 4.26. The van der Waals surface area contributed by atoms with E-state index in [9.17, 15) is 0 Å². The molecule has 2 aromatic carbocycles. The van der Waals surface area contributed by atoms with Crippen molar-refractivity contribution in [1.29, 1.82) is 0 Å². The summed E-state index contributed by atoms with van der Waals surface area (Å²) in [7, 11) is 0. The van der Waals surface area contributed by atoms with Crippen molar-refractivity contribution in [3.63, 3.8) is 0 Å². The predicted molar refractivity (Wildman–Crippen MR) is 89.4 cm³/mol. The Labute approximate surface area is 130 Å². The van der Waals surface area contributed by atoms with Crippen LogP contribution in [0.15, 0.2) is 53.4 Å². The molecule has 0 radical (unpaired) electrons. The van der Waals surface area contributed by atoms with Gasteiger partial charge in [-0.3, -0.25) is 0 Å². The van der Waals surface area contributed by atoms with Crippen molar-refractivity contribution in [1.82, 2.24) is 5.32 Å². The molecule has 1 N–H and O–H groups in total. The molecule has 1 aliphatic heterocycles. The molecule has 0 bridgehead atoms. The van der Waals surface area contributed by atoms with Crippen molar-refractivity contribution >= 4 is 11.8 Å². The molecule has 2 aromatic rings. The molecule has 0 aromatic heterocycles. The van der Waals surface area contributed by atoms with Crippen molar-refractivity contribution in [2.45, 2.75) is 17.7 Å². The average molecular weight is 299 g/mol. The maximum atomic E-state index is 5.53. The molecule has 21 heavy (non-hydrogen) atoms. The molecule has 110 valence electrons. The lowest BCUT2D eigenvalue weighted by Crippen LogP contribution is -2.20. The molecule has 3 rings (SSSR count). The van der Waals surface area contributed by atoms with E-state index in [0.717, 1.165) is 44.0 Å². The van der Waals surface area contributed by atoms with Gasteiger partial charge in [0.2, 0.25) is 0 Å². The summed E-state index contributed by atoms with van der Waals surface area (Å²) in [5.41, 5.74) is 2.77. The van der Waals surface area contributed by atoms with Crippen molar-refractivity contribution < 1.29 is 4.74 Å². The Morgan fingerprint density at radius 1 is 1.05 bits per heavy atom. The highest BCUT2D eigenvalue weighted by atomic mass is 32.2. The Morgan fingerprint density at radius 3 is 2.86 bits per heavy atom. The van der Waals surface area contributed by atoms with Gasteiger partial charge in [0.05, 0.1) is 6.61 Å². The van der Waals surface area contributed by atoms with Crippen LogP contribution in [-0.4, -0.2) is 25.4 Å². The Kier molecular flexibility index (Phi) is 5.19. The number of nitrogens with one attached hydrogen (secondary N) is 1. The molecule has 3 heteroatoms. The first-order valence-corrected chi connectivity index (χ1v) is 8.53. The number of fused-ring (bicyclic) bond motifs is 1. The van der Waals surface area contributed by atoms with E-state index in [1.165, 1.54) is 16.0 Å². The largest absolute Gasteiger partial charge is 0.493 e. The van der Waals surface area contributed by atoms with Gasteiger partial charge in [-0.15, -0.1) is 11.8 Å². The van der Waals surface area contributed by atoms with Gasteiger partial charge >= 0.3 is 0 Å². The van der Waals surface area contributed by atoms with Gasteiger partial charge in [-0.2, -0.15) is 0 Å². The van der Waals surface area contributed by atoms with Crippen LogP contribution in [0.2, 0.25) is 0 Å². The highest BCUT2D eigenvalue weighted by Gasteiger charge is 2.11. The van der Waals surface area contributed by atoms with Gasteiger partial charge in [-0.1, -0.05) is 30.3 Å². The third-order valence-corrected chi connectivity index (χ3v) is 4.65. The van der Waals surface area contributed by atoms with Gasteiger partial charge in [-0.25, -0.2) is 0 Å². The summed E-state index contributed by atoms with van der Waals surface area (Å²) in [6.07, 6.45) is 2.15. The topological polar surface area (TPSA) is 21.3 Å². The molecule has 0 saturated carbocycles. The highest BCUT2D eigenvalue weighted by molar-refractivity contribution is 7.99. The minimum absolute atomic E-state index is 0.841. The summed E-state index contributed by atoms with van der Waals surface area (Å²) >= 11 is 1.90. The lowest BCUT2D eigenvalue weighted by molar-refractivity contribution is 0.357. The molecular weight excluding hydrogens is 278 g/mol. The quantitative estimate of drug-likeness (QED) is 0.624. The molecule has 0 atom stereocenters. The summed E-state index contributed by atoms with van der Waals surface area (Å²) in [6, 6.07) is 17.2. The molecule has 0 aliphatic carbocycles.